The molecule has 0 saturated carbocycles. The van der Waals surface area contributed by atoms with Gasteiger partial charge < -0.3 is 26.0 Å². The summed E-state index contributed by atoms with van der Waals surface area (Å²) in [7, 11) is 0. The number of para-hydroxylation sites is 1. The largest absolute Gasteiger partial charge is 0.483 e. The van der Waals surface area contributed by atoms with E-state index in [1.807, 2.05) is 47.4 Å². The maximum absolute atomic E-state index is 13.5. The minimum absolute atomic E-state index is 0.0275. The predicted molar refractivity (Wildman–Crippen MR) is 127 cm³/mol. The van der Waals surface area contributed by atoms with Gasteiger partial charge in [-0.05, 0) is 43.4 Å². The lowest BCUT2D eigenvalue weighted by Gasteiger charge is -2.34. The highest BCUT2D eigenvalue weighted by atomic mass is 16.3. The maximum Gasteiger partial charge on any atom is 0.290 e. The van der Waals surface area contributed by atoms with Gasteiger partial charge in [-0.3, -0.25) is 14.4 Å². The highest BCUT2D eigenvalue weighted by molar-refractivity contribution is 6.08. The van der Waals surface area contributed by atoms with Gasteiger partial charge in [-0.1, -0.05) is 48.5 Å². The smallest absolute Gasteiger partial charge is 0.290 e. The van der Waals surface area contributed by atoms with Crippen LogP contribution in [0.2, 0.25) is 0 Å². The van der Waals surface area contributed by atoms with E-state index in [0.717, 1.165) is 17.7 Å². The van der Waals surface area contributed by atoms with Gasteiger partial charge in [0.05, 0.1) is 11.5 Å². The lowest BCUT2D eigenvalue weighted by molar-refractivity contribution is -0.123. The molecule has 0 bridgehead atoms. The van der Waals surface area contributed by atoms with E-state index in [-0.39, 0.29) is 30.3 Å². The molecule has 2 atom stereocenters. The Labute approximate surface area is 197 Å². The van der Waals surface area contributed by atoms with Crippen LogP contribution < -0.4 is 11.1 Å². The molecule has 3 heterocycles. The van der Waals surface area contributed by atoms with Crippen LogP contribution in [0.5, 0.6) is 0 Å². The number of aromatic nitrogens is 2. The van der Waals surface area contributed by atoms with E-state index in [1.54, 1.807) is 6.92 Å². The van der Waals surface area contributed by atoms with Gasteiger partial charge >= 0.3 is 0 Å². The number of anilines is 2. The fraction of sp³-hybridized carbons (Fsp3) is 0.280. The molecular formula is C25H27N5O4. The molecule has 1 fully saturated rings. The van der Waals surface area contributed by atoms with Gasteiger partial charge in [-0.15, -0.1) is 0 Å². The Bertz CT molecular complexity index is 1210. The number of carbonyl (C=O) groups excluding carboxylic acids is 2. The summed E-state index contributed by atoms with van der Waals surface area (Å²) < 4.78 is 0. The number of H-pyrrole nitrogens is 1. The highest BCUT2D eigenvalue weighted by Crippen LogP contribution is 2.49. The predicted octanol–water partition coefficient (Wildman–Crippen LogP) is 2.74. The zero-order chi connectivity index (χ0) is 24.3. The van der Waals surface area contributed by atoms with Crippen molar-refractivity contribution in [1.82, 2.24) is 14.9 Å². The number of hydrogen-bond donors (Lipinski definition) is 4. The van der Waals surface area contributed by atoms with E-state index in [0.29, 0.717) is 30.8 Å². The second-order valence-electron chi connectivity index (χ2n) is 8.46. The molecule has 2 aliphatic rings. The first-order valence-electron chi connectivity index (χ1n) is 11.1. The normalized spacial score (nSPS) is 20.4. The van der Waals surface area contributed by atoms with Gasteiger partial charge in [-0.2, -0.15) is 0 Å². The van der Waals surface area contributed by atoms with Crippen LogP contribution in [0.25, 0.3) is 0 Å². The van der Waals surface area contributed by atoms with Crippen molar-refractivity contribution in [1.29, 1.82) is 0 Å². The topological polar surface area (TPSA) is 141 Å². The van der Waals surface area contributed by atoms with Crippen LogP contribution in [0.4, 0.5) is 11.6 Å². The molecule has 1 aromatic heterocycles. The van der Waals surface area contributed by atoms with Gasteiger partial charge in [-0.25, -0.2) is 4.98 Å². The molecule has 1 saturated heterocycles. The Morgan fingerprint density at radius 1 is 1.24 bits per heavy atom. The summed E-state index contributed by atoms with van der Waals surface area (Å²) in [6, 6.07) is 17.7. The summed E-state index contributed by atoms with van der Waals surface area (Å²) in [5.41, 5.74) is 9.00. The SMILES string of the molecule is Cc1[nH]c(N)nc1C(=O)N1CC[C@]2(C(=O)Nc3ccccc32)[C@@H]1CCc1ccccc1.O=CO. The number of nitrogens with two attached hydrogens (primary N) is 1. The van der Waals surface area contributed by atoms with E-state index in [2.05, 4.69) is 27.4 Å². The lowest BCUT2D eigenvalue weighted by Crippen LogP contribution is -2.49. The highest BCUT2D eigenvalue weighted by Gasteiger charge is 2.58. The summed E-state index contributed by atoms with van der Waals surface area (Å²) in [5.74, 6) is 0.0115. The summed E-state index contributed by atoms with van der Waals surface area (Å²) in [6.45, 7) is 2.03. The van der Waals surface area contributed by atoms with Gasteiger partial charge in [0, 0.05) is 17.9 Å². The van der Waals surface area contributed by atoms with E-state index in [4.69, 9.17) is 15.6 Å². The van der Waals surface area contributed by atoms with Crippen molar-refractivity contribution in [3.8, 4) is 0 Å². The first-order chi connectivity index (χ1) is 16.4. The average Bonchev–Trinajstić information content (AvgIpc) is 3.47. The summed E-state index contributed by atoms with van der Waals surface area (Å²) in [6.07, 6.45) is 2.03. The minimum atomic E-state index is -0.753. The average molecular weight is 462 g/mol. The molecule has 176 valence electrons. The molecule has 2 aliphatic heterocycles. The van der Waals surface area contributed by atoms with Crippen molar-refractivity contribution in [3.63, 3.8) is 0 Å². The first-order valence-corrected chi connectivity index (χ1v) is 11.1. The van der Waals surface area contributed by atoms with Crippen molar-refractivity contribution in [2.45, 2.75) is 37.6 Å². The van der Waals surface area contributed by atoms with Crippen molar-refractivity contribution in [2.75, 3.05) is 17.6 Å². The number of fused-ring (bicyclic) bond motifs is 2. The minimum Gasteiger partial charge on any atom is -0.483 e. The monoisotopic (exact) mass is 461 g/mol. The van der Waals surface area contributed by atoms with Gasteiger partial charge in [0.25, 0.3) is 12.4 Å². The molecule has 34 heavy (non-hydrogen) atoms. The molecule has 9 nitrogen and oxygen atoms in total. The van der Waals surface area contributed by atoms with Crippen molar-refractivity contribution in [3.05, 3.63) is 77.1 Å². The number of imidazole rings is 1. The van der Waals surface area contributed by atoms with E-state index in [9.17, 15) is 9.59 Å². The number of nitrogens with zero attached hydrogens (tertiary/aromatic N) is 2. The van der Waals surface area contributed by atoms with E-state index in [1.165, 1.54) is 5.56 Å². The van der Waals surface area contributed by atoms with Crippen LogP contribution in [0.3, 0.4) is 0 Å². The molecule has 0 aliphatic carbocycles. The number of rotatable bonds is 4. The maximum atomic E-state index is 13.5. The number of carboxylic acid groups (broad SMARTS) is 1. The van der Waals surface area contributed by atoms with Crippen LogP contribution in [0, 0.1) is 6.92 Å². The quantitative estimate of drug-likeness (QED) is 0.440. The summed E-state index contributed by atoms with van der Waals surface area (Å²) >= 11 is 0. The molecule has 1 spiro atoms. The van der Waals surface area contributed by atoms with Crippen molar-refractivity contribution >= 4 is 29.9 Å². The zero-order valence-corrected chi connectivity index (χ0v) is 18.8. The Hall–Kier alpha value is -4.14. The van der Waals surface area contributed by atoms with E-state index < -0.39 is 5.41 Å². The number of aromatic amines is 1. The lowest BCUT2D eigenvalue weighted by atomic mass is 9.73. The first kappa shape index (κ1) is 23.0. The molecular weight excluding hydrogens is 434 g/mol. The summed E-state index contributed by atoms with van der Waals surface area (Å²) in [5, 5.41) is 9.94. The van der Waals surface area contributed by atoms with Crippen molar-refractivity contribution in [2.24, 2.45) is 0 Å². The van der Waals surface area contributed by atoms with Gasteiger partial charge in [0.1, 0.15) is 0 Å². The Morgan fingerprint density at radius 2 is 1.91 bits per heavy atom. The standard InChI is InChI=1S/C24H25N5O2.CH2O2/c1-15-20(28-23(25)26-15)21(30)29-14-13-24(17-9-5-6-10-18(17)27-22(24)31)19(29)12-11-16-7-3-2-4-8-16;2-1-3/h2-10,19H,11-14H2,1H3,(H,27,31)(H3,25,26,28);1H,(H,2,3)/t19-,24+;/m0./s1. The van der Waals surface area contributed by atoms with Crippen molar-refractivity contribution < 1.29 is 19.5 Å². The number of amides is 2. The second-order valence-corrected chi connectivity index (χ2v) is 8.46. The Morgan fingerprint density at radius 3 is 2.59 bits per heavy atom. The number of aryl methyl sites for hydroxylation is 2. The number of nitrogen functional groups attached to an aromatic ring is 1. The molecule has 0 unspecified atom stereocenters. The molecule has 2 aromatic carbocycles. The Balaban J connectivity index is 0.000000868. The number of likely N-dealkylation sites (tertiary alicyclic amines) is 1. The fourth-order valence-corrected chi connectivity index (χ4v) is 5.22. The number of carbonyl (C=O) groups is 3. The van der Waals surface area contributed by atoms with Crippen LogP contribution in [-0.4, -0.2) is 50.8 Å². The van der Waals surface area contributed by atoms with E-state index >= 15 is 0 Å². The third-order valence-electron chi connectivity index (χ3n) is 6.67. The number of nitrogens with one attached hydrogen (secondary N) is 2. The third kappa shape index (κ3) is 3.89. The van der Waals surface area contributed by atoms with Crippen LogP contribution in [-0.2, 0) is 21.4 Å². The molecule has 3 aromatic rings. The second kappa shape index (κ2) is 9.38. The van der Waals surface area contributed by atoms with Crippen LogP contribution in [0.15, 0.2) is 54.6 Å². The van der Waals surface area contributed by atoms with Crippen LogP contribution >= 0.6 is 0 Å². The van der Waals surface area contributed by atoms with Gasteiger partial charge in [0.15, 0.2) is 11.6 Å². The molecule has 5 N–H and O–H groups in total. The Kier molecular flexibility index (Phi) is 6.36. The number of benzene rings is 2. The summed E-state index contributed by atoms with van der Waals surface area (Å²) in [4.78, 5) is 44.2. The molecule has 2 amide bonds. The zero-order valence-electron chi connectivity index (χ0n) is 18.8. The third-order valence-corrected chi connectivity index (χ3v) is 6.67. The molecule has 0 radical (unpaired) electrons. The van der Waals surface area contributed by atoms with Gasteiger partial charge in [0.2, 0.25) is 5.91 Å². The van der Waals surface area contributed by atoms with Crippen LogP contribution in [0.1, 0.15) is 40.2 Å². The number of hydrogen-bond acceptors (Lipinski definition) is 5. The molecule has 5 rings (SSSR count). The fourth-order valence-electron chi connectivity index (χ4n) is 5.22. The molecule has 9 heteroatoms.